The average Bonchev–Trinajstić information content (AvgIpc) is 2.51. The molecule has 0 aromatic heterocycles. The normalized spacial score (nSPS) is 11.6. The van der Waals surface area contributed by atoms with Gasteiger partial charge in [0.25, 0.3) is 20.2 Å². The number of benzene rings is 2. The molecule has 27 heavy (non-hydrogen) atoms. The Morgan fingerprint density at radius 1 is 1.07 bits per heavy atom. The van der Waals surface area contributed by atoms with Crippen molar-refractivity contribution in [2.75, 3.05) is 16.1 Å². The number of nitrogens with two attached hydrogens (primary N) is 1. The Kier molecular flexibility index (Phi) is 5.93. The molecule has 0 bridgehead atoms. The zero-order valence-corrected chi connectivity index (χ0v) is 15.7. The number of sulfonamides is 1. The number of aryl methyl sites for hydroxylation is 1. The van der Waals surface area contributed by atoms with Crippen LogP contribution in [0.15, 0.2) is 47.4 Å². The van der Waals surface area contributed by atoms with Crippen LogP contribution in [0.3, 0.4) is 0 Å². The molecular formula is C15H17N3O7S2. The Balaban J connectivity index is 2.23. The number of aliphatic carboxylic acids is 1. The highest BCUT2D eigenvalue weighted by atomic mass is 32.2. The number of anilines is 2. The summed E-state index contributed by atoms with van der Waals surface area (Å²) in [5, 5.41) is 13.5. The zero-order chi connectivity index (χ0) is 20.2. The van der Waals surface area contributed by atoms with Gasteiger partial charge < -0.3 is 9.84 Å². The summed E-state index contributed by atoms with van der Waals surface area (Å²) in [6, 6.07) is 9.49. The molecule has 0 radical (unpaired) electrons. The van der Waals surface area contributed by atoms with E-state index < -0.39 is 32.8 Å². The Hall–Kier alpha value is -2.83. The Labute approximate surface area is 156 Å². The van der Waals surface area contributed by atoms with Crippen molar-refractivity contribution in [2.24, 2.45) is 5.14 Å². The predicted molar refractivity (Wildman–Crippen MR) is 98.3 cm³/mol. The fraction of sp³-hybridized carbons (Fsp3) is 0.133. The summed E-state index contributed by atoms with van der Waals surface area (Å²) in [7, 11) is -7.97. The molecule has 0 aliphatic carbocycles. The molecule has 0 saturated heterocycles. The van der Waals surface area contributed by atoms with Crippen LogP contribution in [0.5, 0.6) is 5.75 Å². The van der Waals surface area contributed by atoms with Gasteiger partial charge in [0.2, 0.25) is 0 Å². The van der Waals surface area contributed by atoms with E-state index in [2.05, 4.69) is 4.72 Å². The molecule has 2 rings (SSSR count). The molecule has 0 heterocycles. The van der Waals surface area contributed by atoms with Crippen molar-refractivity contribution >= 4 is 37.6 Å². The second-order valence-corrected chi connectivity index (χ2v) is 8.42. The Bertz CT molecular complexity index is 1070. The first kappa shape index (κ1) is 20.5. The first-order valence-electron chi connectivity index (χ1n) is 7.35. The SMILES string of the molecule is Cc1cc(S(=O)(=O)Nc2cccc(NS(N)(=O)=O)c2)ccc1OCC(=O)O. The second-order valence-electron chi connectivity index (χ2n) is 5.44. The minimum Gasteiger partial charge on any atom is -0.482 e. The third-order valence-electron chi connectivity index (χ3n) is 3.18. The fourth-order valence-electron chi connectivity index (χ4n) is 2.11. The van der Waals surface area contributed by atoms with E-state index in [9.17, 15) is 21.6 Å². The van der Waals surface area contributed by atoms with Crippen molar-refractivity contribution in [3.05, 3.63) is 48.0 Å². The molecule has 10 nitrogen and oxygen atoms in total. The van der Waals surface area contributed by atoms with Gasteiger partial charge in [-0.3, -0.25) is 9.44 Å². The highest BCUT2D eigenvalue weighted by Gasteiger charge is 2.16. The molecule has 0 spiro atoms. The molecule has 5 N–H and O–H groups in total. The summed E-state index contributed by atoms with van der Waals surface area (Å²) in [6.07, 6.45) is 0. The number of ether oxygens (including phenoxy) is 1. The third kappa shape index (κ3) is 6.13. The van der Waals surface area contributed by atoms with Crippen LogP contribution < -0.4 is 19.3 Å². The third-order valence-corrected chi connectivity index (χ3v) is 5.08. The van der Waals surface area contributed by atoms with E-state index in [0.717, 1.165) is 0 Å². The van der Waals surface area contributed by atoms with Crippen molar-refractivity contribution in [1.82, 2.24) is 0 Å². The van der Waals surface area contributed by atoms with Gasteiger partial charge in [-0.25, -0.2) is 18.4 Å². The van der Waals surface area contributed by atoms with Gasteiger partial charge in [0, 0.05) is 0 Å². The maximum Gasteiger partial charge on any atom is 0.341 e. The molecule has 0 atom stereocenters. The number of carboxylic acid groups (broad SMARTS) is 1. The van der Waals surface area contributed by atoms with Gasteiger partial charge in [-0.1, -0.05) is 6.07 Å². The minimum absolute atomic E-state index is 0.0764. The first-order valence-corrected chi connectivity index (χ1v) is 10.4. The van der Waals surface area contributed by atoms with Gasteiger partial charge in [0.05, 0.1) is 16.3 Å². The Morgan fingerprint density at radius 3 is 2.26 bits per heavy atom. The highest BCUT2D eigenvalue weighted by molar-refractivity contribution is 7.92. The summed E-state index contributed by atoms with van der Waals surface area (Å²) >= 11 is 0. The van der Waals surface area contributed by atoms with Crippen LogP contribution in [-0.2, 0) is 25.0 Å². The summed E-state index contributed by atoms with van der Waals surface area (Å²) in [4.78, 5) is 10.5. The van der Waals surface area contributed by atoms with Gasteiger partial charge in [-0.15, -0.1) is 0 Å². The first-order chi connectivity index (χ1) is 12.5. The smallest absolute Gasteiger partial charge is 0.341 e. The van der Waals surface area contributed by atoms with E-state index in [1.165, 1.54) is 42.5 Å². The van der Waals surface area contributed by atoms with Crippen LogP contribution in [-0.4, -0.2) is 34.5 Å². The van der Waals surface area contributed by atoms with Crippen LogP contribution in [0, 0.1) is 6.92 Å². The number of carbonyl (C=O) groups is 1. The molecule has 2 aromatic rings. The number of carboxylic acids is 1. The molecule has 0 aliphatic heterocycles. The Morgan fingerprint density at radius 2 is 1.70 bits per heavy atom. The lowest BCUT2D eigenvalue weighted by Crippen LogP contribution is -2.21. The van der Waals surface area contributed by atoms with Gasteiger partial charge in [0.1, 0.15) is 5.75 Å². The highest BCUT2D eigenvalue weighted by Crippen LogP contribution is 2.24. The molecule has 0 fully saturated rings. The quantitative estimate of drug-likeness (QED) is 0.496. The van der Waals surface area contributed by atoms with Crippen molar-refractivity contribution in [3.63, 3.8) is 0 Å². The van der Waals surface area contributed by atoms with Gasteiger partial charge in [0.15, 0.2) is 6.61 Å². The van der Waals surface area contributed by atoms with E-state index in [0.29, 0.717) is 5.56 Å². The van der Waals surface area contributed by atoms with Crippen molar-refractivity contribution in [1.29, 1.82) is 0 Å². The lowest BCUT2D eigenvalue weighted by Gasteiger charge is -2.12. The maximum atomic E-state index is 12.5. The van der Waals surface area contributed by atoms with Crippen molar-refractivity contribution < 1.29 is 31.5 Å². The van der Waals surface area contributed by atoms with E-state index >= 15 is 0 Å². The summed E-state index contributed by atoms with van der Waals surface area (Å²) in [5.41, 5.74) is 0.641. The summed E-state index contributed by atoms with van der Waals surface area (Å²) in [5.74, 6) is -0.906. The van der Waals surface area contributed by atoms with Crippen LogP contribution in [0.2, 0.25) is 0 Å². The number of rotatable bonds is 8. The lowest BCUT2D eigenvalue weighted by molar-refractivity contribution is -0.139. The summed E-state index contributed by atoms with van der Waals surface area (Å²) in [6.45, 7) is 1.03. The number of nitrogens with one attached hydrogen (secondary N) is 2. The number of hydrogen-bond donors (Lipinski definition) is 4. The molecule has 0 saturated carbocycles. The van der Waals surface area contributed by atoms with E-state index in [1.54, 1.807) is 6.92 Å². The largest absolute Gasteiger partial charge is 0.482 e. The molecular weight excluding hydrogens is 398 g/mol. The summed E-state index contributed by atoms with van der Waals surface area (Å²) < 4.78 is 56.6. The monoisotopic (exact) mass is 415 g/mol. The van der Waals surface area contributed by atoms with E-state index in [1.807, 2.05) is 4.72 Å². The molecule has 12 heteroatoms. The second kappa shape index (κ2) is 7.82. The van der Waals surface area contributed by atoms with Crippen molar-refractivity contribution in [3.8, 4) is 5.75 Å². The van der Waals surface area contributed by atoms with Crippen LogP contribution in [0.4, 0.5) is 11.4 Å². The number of hydrogen-bond acceptors (Lipinski definition) is 6. The fourth-order valence-corrected chi connectivity index (χ4v) is 3.70. The molecule has 0 aliphatic rings. The van der Waals surface area contributed by atoms with Crippen LogP contribution in [0.1, 0.15) is 5.56 Å². The van der Waals surface area contributed by atoms with Gasteiger partial charge in [-0.2, -0.15) is 8.42 Å². The molecule has 0 amide bonds. The van der Waals surface area contributed by atoms with Gasteiger partial charge >= 0.3 is 5.97 Å². The molecule has 0 unspecified atom stereocenters. The minimum atomic E-state index is -3.99. The average molecular weight is 415 g/mol. The molecule has 2 aromatic carbocycles. The zero-order valence-electron chi connectivity index (χ0n) is 14.0. The predicted octanol–water partition coefficient (Wildman–Crippen LogP) is 0.875. The van der Waals surface area contributed by atoms with Crippen molar-refractivity contribution in [2.45, 2.75) is 11.8 Å². The van der Waals surface area contributed by atoms with Crippen LogP contribution >= 0.6 is 0 Å². The van der Waals surface area contributed by atoms with E-state index in [4.69, 9.17) is 15.0 Å². The maximum absolute atomic E-state index is 12.5. The van der Waals surface area contributed by atoms with Crippen LogP contribution in [0.25, 0.3) is 0 Å². The molecule has 146 valence electrons. The van der Waals surface area contributed by atoms with Gasteiger partial charge in [-0.05, 0) is 48.9 Å². The standard InChI is InChI=1S/C15H17N3O7S2/c1-10-7-13(5-6-14(10)25-9-15(19)20)26(21,22)17-11-3-2-4-12(8-11)18-27(16,23)24/h2-8,17-18H,9H2,1H3,(H,19,20)(H2,16,23,24). The van der Waals surface area contributed by atoms with E-state index in [-0.39, 0.29) is 22.0 Å². The topological polar surface area (TPSA) is 165 Å². The lowest BCUT2D eigenvalue weighted by atomic mass is 10.2.